The summed E-state index contributed by atoms with van der Waals surface area (Å²) in [4.78, 5) is 0. The number of hydrogen-bond donors (Lipinski definition) is 4. The van der Waals surface area contributed by atoms with E-state index in [2.05, 4.69) is 0 Å². The molecule has 2 rings (SSSR count). The first-order valence-electron chi connectivity index (χ1n) is 6.70. The fourth-order valence-corrected chi connectivity index (χ4v) is 1.89. The molecule has 24 heavy (non-hydrogen) atoms. The van der Waals surface area contributed by atoms with Crippen molar-refractivity contribution in [2.45, 2.75) is 0 Å². The zero-order valence-electron chi connectivity index (χ0n) is 13.0. The normalized spacial score (nSPS) is 9.67. The molecule has 0 radical (unpaired) electrons. The molecule has 6 nitrogen and oxygen atoms in total. The van der Waals surface area contributed by atoms with Gasteiger partial charge < -0.3 is 29.6 Å². The van der Waals surface area contributed by atoms with Gasteiger partial charge in [-0.2, -0.15) is 0 Å². The van der Waals surface area contributed by atoms with Crippen LogP contribution in [-0.4, -0.2) is 48.6 Å². The molecule has 2 aromatic rings. The van der Waals surface area contributed by atoms with Gasteiger partial charge in [-0.05, 0) is 24.3 Å². The first-order chi connectivity index (χ1) is 11.3. The maximum atomic E-state index is 12.9. The third kappa shape index (κ3) is 4.93. The SMILES string of the molecule is COc1cccc(F)c1B(O)O.COc1cccc(F)c1B(O)O. The van der Waals surface area contributed by atoms with Gasteiger partial charge in [-0.3, -0.25) is 0 Å². The van der Waals surface area contributed by atoms with Crippen LogP contribution in [0.1, 0.15) is 0 Å². The molecule has 2 aromatic carbocycles. The molecule has 0 aliphatic rings. The van der Waals surface area contributed by atoms with E-state index in [1.807, 2.05) is 0 Å². The quantitative estimate of drug-likeness (QED) is 0.535. The zero-order chi connectivity index (χ0) is 18.3. The minimum Gasteiger partial charge on any atom is -0.497 e. The molecule has 0 atom stereocenters. The highest BCUT2D eigenvalue weighted by Crippen LogP contribution is 2.09. The number of hydrogen-bond acceptors (Lipinski definition) is 6. The molecule has 0 aromatic heterocycles. The molecule has 0 amide bonds. The maximum absolute atomic E-state index is 12.9. The predicted molar refractivity (Wildman–Crippen MR) is 85.6 cm³/mol. The molecule has 128 valence electrons. The molecule has 0 fully saturated rings. The van der Waals surface area contributed by atoms with Crippen LogP contribution in [0, 0.1) is 11.6 Å². The molecule has 0 saturated carbocycles. The summed E-state index contributed by atoms with van der Waals surface area (Å²) >= 11 is 0. The molecular weight excluding hydrogens is 324 g/mol. The third-order valence-electron chi connectivity index (χ3n) is 2.98. The number of benzene rings is 2. The van der Waals surface area contributed by atoms with Crippen molar-refractivity contribution < 1.29 is 38.4 Å². The summed E-state index contributed by atoms with van der Waals surface area (Å²) in [7, 11) is -1.02. The van der Waals surface area contributed by atoms with E-state index >= 15 is 0 Å². The van der Waals surface area contributed by atoms with Crippen molar-refractivity contribution in [3.63, 3.8) is 0 Å². The van der Waals surface area contributed by atoms with Crippen molar-refractivity contribution >= 4 is 25.2 Å². The fraction of sp³-hybridized carbons (Fsp3) is 0.143. The van der Waals surface area contributed by atoms with Crippen LogP contribution in [0.15, 0.2) is 36.4 Å². The lowest BCUT2D eigenvalue weighted by Gasteiger charge is -2.07. The van der Waals surface area contributed by atoms with E-state index in [1.165, 1.54) is 38.5 Å². The summed E-state index contributed by atoms with van der Waals surface area (Å²) < 4.78 is 35.2. The van der Waals surface area contributed by atoms with Crippen molar-refractivity contribution in [1.29, 1.82) is 0 Å². The van der Waals surface area contributed by atoms with Crippen LogP contribution in [0.4, 0.5) is 8.78 Å². The van der Waals surface area contributed by atoms with Gasteiger partial charge in [0, 0.05) is 0 Å². The standard InChI is InChI=1S/2C7H8BFO3/c2*1-12-6-4-2-3-5(9)7(6)8(10)11/h2*2-4,10-11H,1H3. The summed E-state index contributed by atoms with van der Waals surface area (Å²) in [5.74, 6) is -1.12. The van der Waals surface area contributed by atoms with Gasteiger partial charge in [-0.25, -0.2) is 8.78 Å². The van der Waals surface area contributed by atoms with Crippen LogP contribution in [0.5, 0.6) is 11.5 Å². The van der Waals surface area contributed by atoms with Crippen molar-refractivity contribution in [3.05, 3.63) is 48.0 Å². The molecule has 0 heterocycles. The monoisotopic (exact) mass is 340 g/mol. The van der Waals surface area contributed by atoms with Crippen LogP contribution >= 0.6 is 0 Å². The van der Waals surface area contributed by atoms with Gasteiger partial charge in [0.25, 0.3) is 0 Å². The molecule has 0 aliphatic heterocycles. The third-order valence-corrected chi connectivity index (χ3v) is 2.98. The van der Waals surface area contributed by atoms with Crippen LogP contribution in [0.3, 0.4) is 0 Å². The minimum absolute atomic E-state index is 0.130. The smallest absolute Gasteiger partial charge is 0.495 e. The Labute approximate surface area is 138 Å². The lowest BCUT2D eigenvalue weighted by Crippen LogP contribution is -2.33. The summed E-state index contributed by atoms with van der Waals surface area (Å²) in [6.45, 7) is 0. The highest BCUT2D eigenvalue weighted by atomic mass is 19.1. The summed E-state index contributed by atoms with van der Waals surface area (Å²) in [6.07, 6.45) is 0. The Morgan fingerprint density at radius 1 is 0.708 bits per heavy atom. The molecule has 4 N–H and O–H groups in total. The Hall–Kier alpha value is -2.13. The van der Waals surface area contributed by atoms with Gasteiger partial charge in [0.05, 0.1) is 25.1 Å². The second-order valence-corrected chi connectivity index (χ2v) is 4.46. The molecular formula is C14H16B2F2O6. The molecule has 0 unspecified atom stereocenters. The second kappa shape index (κ2) is 9.24. The Morgan fingerprint density at radius 3 is 1.25 bits per heavy atom. The van der Waals surface area contributed by atoms with Crippen LogP contribution in [0.2, 0.25) is 0 Å². The molecule has 0 bridgehead atoms. The number of methoxy groups -OCH3 is 2. The van der Waals surface area contributed by atoms with Crippen LogP contribution < -0.4 is 20.4 Å². The second-order valence-electron chi connectivity index (χ2n) is 4.46. The van der Waals surface area contributed by atoms with Gasteiger partial charge in [0.1, 0.15) is 23.1 Å². The van der Waals surface area contributed by atoms with Gasteiger partial charge in [-0.15, -0.1) is 0 Å². The van der Waals surface area contributed by atoms with Gasteiger partial charge >= 0.3 is 14.2 Å². The summed E-state index contributed by atoms with van der Waals surface area (Å²) in [6, 6.07) is 8.05. The van der Waals surface area contributed by atoms with Crippen molar-refractivity contribution in [3.8, 4) is 11.5 Å². The van der Waals surface area contributed by atoms with Crippen molar-refractivity contribution in [2.24, 2.45) is 0 Å². The van der Waals surface area contributed by atoms with Crippen molar-refractivity contribution in [2.75, 3.05) is 14.2 Å². The number of rotatable bonds is 4. The first kappa shape index (κ1) is 19.9. The average molecular weight is 340 g/mol. The summed E-state index contributed by atoms with van der Waals surface area (Å²) in [5.41, 5.74) is -0.472. The lowest BCUT2D eigenvalue weighted by atomic mass is 9.79. The highest BCUT2D eigenvalue weighted by Gasteiger charge is 2.21. The topological polar surface area (TPSA) is 99.4 Å². The zero-order valence-corrected chi connectivity index (χ0v) is 13.0. The minimum atomic E-state index is -1.85. The van der Waals surface area contributed by atoms with Crippen LogP contribution in [0.25, 0.3) is 0 Å². The average Bonchev–Trinajstić information content (AvgIpc) is 2.54. The Balaban J connectivity index is 0.000000240. The predicted octanol–water partition coefficient (Wildman–Crippen LogP) is -0.972. The molecule has 0 aliphatic carbocycles. The highest BCUT2D eigenvalue weighted by molar-refractivity contribution is 6.60. The number of halogens is 2. The fourth-order valence-electron chi connectivity index (χ4n) is 1.89. The van der Waals surface area contributed by atoms with E-state index in [0.717, 1.165) is 12.1 Å². The van der Waals surface area contributed by atoms with Gasteiger partial charge in [-0.1, -0.05) is 12.1 Å². The van der Waals surface area contributed by atoms with Gasteiger partial charge in [0.2, 0.25) is 0 Å². The van der Waals surface area contributed by atoms with E-state index in [4.69, 9.17) is 29.6 Å². The largest absolute Gasteiger partial charge is 0.497 e. The Kier molecular flexibility index (Phi) is 7.66. The molecule has 10 heteroatoms. The van der Waals surface area contributed by atoms with E-state index in [0.29, 0.717) is 0 Å². The van der Waals surface area contributed by atoms with E-state index in [-0.39, 0.29) is 22.4 Å². The first-order valence-corrected chi connectivity index (χ1v) is 6.70. The molecule has 0 spiro atoms. The maximum Gasteiger partial charge on any atom is 0.495 e. The van der Waals surface area contributed by atoms with Crippen molar-refractivity contribution in [1.82, 2.24) is 0 Å². The Bertz CT molecular complexity index is 612. The number of ether oxygens (including phenoxy) is 2. The van der Waals surface area contributed by atoms with E-state index in [1.54, 1.807) is 0 Å². The van der Waals surface area contributed by atoms with E-state index < -0.39 is 25.9 Å². The van der Waals surface area contributed by atoms with E-state index in [9.17, 15) is 8.78 Å². The lowest BCUT2D eigenvalue weighted by molar-refractivity contribution is 0.397. The molecule has 0 saturated heterocycles. The van der Waals surface area contributed by atoms with Gasteiger partial charge in [0.15, 0.2) is 0 Å². The Morgan fingerprint density at radius 2 is 1.04 bits per heavy atom. The van der Waals surface area contributed by atoms with Crippen LogP contribution in [-0.2, 0) is 0 Å². The summed E-state index contributed by atoms with van der Waals surface area (Å²) in [5, 5.41) is 35.0.